The first-order valence-corrected chi connectivity index (χ1v) is 8.05. The van der Waals surface area contributed by atoms with Crippen molar-refractivity contribution in [3.8, 4) is 0 Å². The number of carbonyl (C=O) groups excluding carboxylic acids is 1. The summed E-state index contributed by atoms with van der Waals surface area (Å²) in [5.74, 6) is 0. The van der Waals surface area contributed by atoms with E-state index in [4.69, 9.17) is 9.47 Å². The summed E-state index contributed by atoms with van der Waals surface area (Å²) < 4.78 is 11.4. The molecule has 1 spiro atoms. The van der Waals surface area contributed by atoms with Crippen molar-refractivity contribution in [3.63, 3.8) is 0 Å². The van der Waals surface area contributed by atoms with Crippen LogP contribution in [0.2, 0.25) is 0 Å². The molecule has 2 aliphatic heterocycles. The Morgan fingerprint density at radius 1 is 1.10 bits per heavy atom. The van der Waals surface area contributed by atoms with Crippen LogP contribution in [-0.2, 0) is 9.47 Å². The molecule has 2 saturated heterocycles. The maximum atomic E-state index is 12.4. The molecule has 0 aromatic heterocycles. The highest BCUT2D eigenvalue weighted by molar-refractivity contribution is 5.74. The highest BCUT2D eigenvalue weighted by Gasteiger charge is 2.40. The molecule has 5 heteroatoms. The topological polar surface area (TPSA) is 50.8 Å². The van der Waals surface area contributed by atoms with Crippen molar-refractivity contribution in [1.82, 2.24) is 10.2 Å². The van der Waals surface area contributed by atoms with Crippen LogP contribution in [0.4, 0.5) is 4.79 Å². The van der Waals surface area contributed by atoms with E-state index in [-0.39, 0.29) is 17.7 Å². The lowest BCUT2D eigenvalue weighted by atomic mass is 10.00. The zero-order valence-electron chi connectivity index (χ0n) is 12.2. The highest BCUT2D eigenvalue weighted by Crippen LogP contribution is 2.35. The fraction of sp³-hybridized carbons (Fsp3) is 0.933. The summed E-state index contributed by atoms with van der Waals surface area (Å²) in [5.41, 5.74) is -0.0395. The van der Waals surface area contributed by atoms with E-state index in [1.54, 1.807) is 0 Å². The minimum absolute atomic E-state index is 0.0395. The molecule has 0 aromatic rings. The number of ether oxygens (including phenoxy) is 2. The van der Waals surface area contributed by atoms with Crippen LogP contribution < -0.4 is 5.32 Å². The average Bonchev–Trinajstić information content (AvgIpc) is 2.74. The second-order valence-electron chi connectivity index (χ2n) is 6.35. The molecule has 1 N–H and O–H groups in total. The van der Waals surface area contributed by atoms with Gasteiger partial charge in [-0.1, -0.05) is 12.8 Å². The Morgan fingerprint density at radius 3 is 2.80 bits per heavy atom. The van der Waals surface area contributed by atoms with Gasteiger partial charge in [0.2, 0.25) is 0 Å². The molecular weight excluding hydrogens is 256 g/mol. The maximum absolute atomic E-state index is 12.4. The molecule has 3 fully saturated rings. The number of rotatable bonds is 1. The van der Waals surface area contributed by atoms with Gasteiger partial charge in [0, 0.05) is 25.8 Å². The van der Waals surface area contributed by atoms with Crippen LogP contribution in [0, 0.1) is 0 Å². The largest absolute Gasteiger partial charge is 0.381 e. The molecule has 3 aliphatic rings. The van der Waals surface area contributed by atoms with Crippen molar-refractivity contribution in [2.45, 2.75) is 56.6 Å². The molecule has 5 nitrogen and oxygen atoms in total. The number of carbonyl (C=O) groups is 1. The Hall–Kier alpha value is -0.810. The zero-order chi connectivity index (χ0) is 13.8. The lowest BCUT2D eigenvalue weighted by Gasteiger charge is -2.40. The van der Waals surface area contributed by atoms with Gasteiger partial charge in [0.05, 0.1) is 18.8 Å². The first-order chi connectivity index (χ1) is 9.77. The van der Waals surface area contributed by atoms with Crippen LogP contribution in [0.5, 0.6) is 0 Å². The van der Waals surface area contributed by atoms with E-state index in [2.05, 4.69) is 5.32 Å². The maximum Gasteiger partial charge on any atom is 0.317 e. The summed E-state index contributed by atoms with van der Waals surface area (Å²) in [6.07, 6.45) is 7.67. The normalized spacial score (nSPS) is 30.2. The van der Waals surface area contributed by atoms with E-state index in [0.717, 1.165) is 58.4 Å². The van der Waals surface area contributed by atoms with Gasteiger partial charge in [-0.05, 0) is 32.1 Å². The van der Waals surface area contributed by atoms with E-state index in [1.807, 2.05) is 4.90 Å². The van der Waals surface area contributed by atoms with E-state index < -0.39 is 0 Å². The lowest BCUT2D eigenvalue weighted by Crippen LogP contribution is -2.56. The molecule has 0 bridgehead atoms. The molecule has 1 saturated carbocycles. The van der Waals surface area contributed by atoms with Crippen molar-refractivity contribution in [3.05, 3.63) is 0 Å². The highest BCUT2D eigenvalue weighted by atomic mass is 16.5. The van der Waals surface area contributed by atoms with Gasteiger partial charge in [-0.25, -0.2) is 4.79 Å². The quantitative estimate of drug-likeness (QED) is 0.799. The lowest BCUT2D eigenvalue weighted by molar-refractivity contribution is -0.0927. The van der Waals surface area contributed by atoms with Crippen LogP contribution in [-0.4, -0.2) is 55.5 Å². The molecular formula is C15H26N2O3. The number of urea groups is 1. The standard InChI is InChI=1S/C15H26N2O3/c18-14(16-13-4-3-9-19-10-5-13)17-8-11-20-15(12-17)6-1-2-7-15/h13H,1-12H2,(H,16,18). The smallest absolute Gasteiger partial charge is 0.317 e. The van der Waals surface area contributed by atoms with Crippen molar-refractivity contribution in [2.75, 3.05) is 32.9 Å². The number of nitrogens with zero attached hydrogens (tertiary/aromatic N) is 1. The summed E-state index contributed by atoms with van der Waals surface area (Å²) in [5, 5.41) is 3.19. The minimum Gasteiger partial charge on any atom is -0.381 e. The van der Waals surface area contributed by atoms with Crippen molar-refractivity contribution in [1.29, 1.82) is 0 Å². The first-order valence-electron chi connectivity index (χ1n) is 8.05. The molecule has 2 amide bonds. The second kappa shape index (κ2) is 6.31. The molecule has 2 heterocycles. The predicted molar refractivity (Wildman–Crippen MR) is 75.7 cm³/mol. The number of amides is 2. The minimum atomic E-state index is -0.0395. The molecule has 0 radical (unpaired) electrons. The van der Waals surface area contributed by atoms with Gasteiger partial charge < -0.3 is 19.7 Å². The van der Waals surface area contributed by atoms with Crippen LogP contribution in [0.25, 0.3) is 0 Å². The van der Waals surface area contributed by atoms with E-state index in [9.17, 15) is 4.79 Å². The van der Waals surface area contributed by atoms with Crippen LogP contribution in [0.3, 0.4) is 0 Å². The number of morpholine rings is 1. The summed E-state index contributed by atoms with van der Waals surface area (Å²) in [6.45, 7) is 3.76. The monoisotopic (exact) mass is 282 g/mol. The molecule has 20 heavy (non-hydrogen) atoms. The van der Waals surface area contributed by atoms with Gasteiger partial charge in [-0.2, -0.15) is 0 Å². The number of hydrogen-bond donors (Lipinski definition) is 1. The molecule has 0 aromatic carbocycles. The molecule has 1 aliphatic carbocycles. The second-order valence-corrected chi connectivity index (χ2v) is 6.35. The zero-order valence-corrected chi connectivity index (χ0v) is 12.2. The third-order valence-electron chi connectivity index (χ3n) is 4.83. The summed E-state index contributed by atoms with van der Waals surface area (Å²) in [4.78, 5) is 14.4. The van der Waals surface area contributed by atoms with Gasteiger partial charge in [0.1, 0.15) is 0 Å². The number of nitrogens with one attached hydrogen (secondary N) is 1. The Labute approximate surface area is 121 Å². The van der Waals surface area contributed by atoms with Gasteiger partial charge in [-0.3, -0.25) is 0 Å². The van der Waals surface area contributed by atoms with Gasteiger partial charge >= 0.3 is 6.03 Å². The SMILES string of the molecule is O=C(NC1CCCOCC1)N1CCOC2(CCCC2)C1. The Balaban J connectivity index is 1.53. The third kappa shape index (κ3) is 3.26. The van der Waals surface area contributed by atoms with Crippen LogP contribution >= 0.6 is 0 Å². The fourth-order valence-electron chi connectivity index (χ4n) is 3.65. The van der Waals surface area contributed by atoms with E-state index in [1.165, 1.54) is 12.8 Å². The fourth-order valence-corrected chi connectivity index (χ4v) is 3.65. The Morgan fingerprint density at radius 2 is 1.95 bits per heavy atom. The summed E-state index contributed by atoms with van der Waals surface area (Å²) >= 11 is 0. The van der Waals surface area contributed by atoms with Crippen LogP contribution in [0.1, 0.15) is 44.9 Å². The van der Waals surface area contributed by atoms with Crippen molar-refractivity contribution >= 4 is 6.03 Å². The van der Waals surface area contributed by atoms with Gasteiger partial charge in [0.15, 0.2) is 0 Å². The predicted octanol–water partition coefficient (Wildman–Crippen LogP) is 1.91. The van der Waals surface area contributed by atoms with Gasteiger partial charge in [0.25, 0.3) is 0 Å². The van der Waals surface area contributed by atoms with Crippen LogP contribution in [0.15, 0.2) is 0 Å². The number of hydrogen-bond acceptors (Lipinski definition) is 3. The molecule has 3 rings (SSSR count). The summed E-state index contributed by atoms with van der Waals surface area (Å²) in [7, 11) is 0. The van der Waals surface area contributed by atoms with Gasteiger partial charge in [-0.15, -0.1) is 0 Å². The third-order valence-corrected chi connectivity index (χ3v) is 4.83. The van der Waals surface area contributed by atoms with E-state index >= 15 is 0 Å². The average molecular weight is 282 g/mol. The van der Waals surface area contributed by atoms with Crippen molar-refractivity contribution < 1.29 is 14.3 Å². The van der Waals surface area contributed by atoms with Crippen molar-refractivity contribution in [2.24, 2.45) is 0 Å². The summed E-state index contributed by atoms with van der Waals surface area (Å²) in [6, 6.07) is 0.360. The van der Waals surface area contributed by atoms with E-state index in [0.29, 0.717) is 6.61 Å². The molecule has 1 atom stereocenters. The molecule has 114 valence electrons. The molecule has 1 unspecified atom stereocenters. The Kier molecular flexibility index (Phi) is 4.46. The first kappa shape index (κ1) is 14.1. The Bertz CT molecular complexity index is 334.